The summed E-state index contributed by atoms with van der Waals surface area (Å²) in [6.07, 6.45) is 6.59. The molecule has 2 aromatic rings. The molecule has 0 aliphatic carbocycles. The molecule has 1 aromatic heterocycles. The minimum Gasteiger partial charge on any atom is -0.459 e. The Morgan fingerprint density at radius 1 is 1.10 bits per heavy atom. The predicted octanol–water partition coefficient (Wildman–Crippen LogP) is 3.60. The summed E-state index contributed by atoms with van der Waals surface area (Å²) in [4.78, 5) is 12.6. The van der Waals surface area contributed by atoms with Crippen molar-refractivity contribution in [2.45, 2.75) is 85.0 Å². The van der Waals surface area contributed by atoms with Crippen molar-refractivity contribution in [2.75, 3.05) is 0 Å². The van der Waals surface area contributed by atoms with E-state index < -0.39 is 11.1 Å². The average Bonchev–Trinajstić information content (AvgIpc) is 2.98. The van der Waals surface area contributed by atoms with Crippen LogP contribution in [-0.4, -0.2) is 32.8 Å². The third-order valence-electron chi connectivity index (χ3n) is 5.75. The highest BCUT2D eigenvalue weighted by Crippen LogP contribution is 2.38. The largest absolute Gasteiger partial charge is 0.459 e. The second-order valence-electron chi connectivity index (χ2n) is 9.68. The molecule has 3 rings (SSSR count). The molecule has 0 spiro atoms. The lowest BCUT2D eigenvalue weighted by atomic mass is 9.80. The van der Waals surface area contributed by atoms with Crippen LogP contribution in [0.25, 0.3) is 5.69 Å². The third-order valence-corrected chi connectivity index (χ3v) is 5.75. The lowest BCUT2D eigenvalue weighted by Gasteiger charge is -2.49. The van der Waals surface area contributed by atoms with Gasteiger partial charge in [0.1, 0.15) is 24.2 Å². The molecular weight excluding hydrogens is 366 g/mol. The zero-order valence-corrected chi connectivity index (χ0v) is 18.7. The summed E-state index contributed by atoms with van der Waals surface area (Å²) in [5.41, 5.74) is 3.66. The number of aryl methyl sites for hydroxylation is 3. The molecule has 6 nitrogen and oxygen atoms in total. The number of ether oxygens (including phenoxy) is 1. The molecule has 0 amide bonds. The summed E-state index contributed by atoms with van der Waals surface area (Å²) < 4.78 is 9.63. The van der Waals surface area contributed by atoms with E-state index in [1.54, 1.807) is 0 Å². The number of carbonyl (C=O) groups is 1. The summed E-state index contributed by atoms with van der Waals surface area (Å²) in [6, 6.07) is 4.32. The van der Waals surface area contributed by atoms with Crippen molar-refractivity contribution < 1.29 is 19.3 Å². The summed E-state index contributed by atoms with van der Waals surface area (Å²) in [5.74, 6) is -0.277. The van der Waals surface area contributed by atoms with E-state index in [0.717, 1.165) is 10.8 Å². The topological polar surface area (TPSA) is 58.2 Å². The van der Waals surface area contributed by atoms with Crippen LogP contribution in [0.4, 0.5) is 0 Å². The Hall–Kier alpha value is -2.18. The Morgan fingerprint density at radius 2 is 1.66 bits per heavy atom. The van der Waals surface area contributed by atoms with Crippen LogP contribution in [0.1, 0.15) is 57.2 Å². The second-order valence-corrected chi connectivity index (χ2v) is 9.68. The van der Waals surface area contributed by atoms with E-state index in [4.69, 9.17) is 4.74 Å². The van der Waals surface area contributed by atoms with Gasteiger partial charge in [0.15, 0.2) is 6.54 Å². The van der Waals surface area contributed by atoms with Crippen LogP contribution in [0.15, 0.2) is 30.9 Å². The third kappa shape index (κ3) is 4.54. The first-order chi connectivity index (χ1) is 13.4. The lowest BCUT2D eigenvalue weighted by Crippen LogP contribution is -2.60. The number of rotatable bonds is 4. The molecule has 1 radical (unpaired) electrons. The fourth-order valence-electron chi connectivity index (χ4n) is 4.83. The molecule has 0 unspecified atom stereocenters. The van der Waals surface area contributed by atoms with Crippen molar-refractivity contribution in [1.29, 1.82) is 0 Å². The van der Waals surface area contributed by atoms with Gasteiger partial charge in [-0.15, -0.1) is 10.3 Å². The number of esters is 1. The van der Waals surface area contributed by atoms with E-state index in [1.165, 1.54) is 16.7 Å². The quantitative estimate of drug-likeness (QED) is 0.583. The number of nitrogens with zero attached hydrogens (tertiary/aromatic N) is 3. The maximum Gasteiger partial charge on any atom is 0.348 e. The van der Waals surface area contributed by atoms with Crippen LogP contribution in [0, 0.1) is 20.8 Å². The number of hydroxylamine groups is 2. The van der Waals surface area contributed by atoms with E-state index in [-0.39, 0.29) is 18.6 Å². The predicted molar refractivity (Wildman–Crippen MR) is 110 cm³/mol. The van der Waals surface area contributed by atoms with Crippen LogP contribution in [0.2, 0.25) is 0 Å². The zero-order chi connectivity index (χ0) is 21.6. The standard InChI is InChI=1S/C23H33N3O3/c1-16-10-17(2)21(18(3)11-16)25-9-8-24(15-25)14-20(27)29-19-12-22(4,5)26(28)23(6,7)13-19/h8-11,15,19H,12-14H2,1-7H3/q+1. The van der Waals surface area contributed by atoms with Crippen LogP contribution < -0.4 is 4.57 Å². The van der Waals surface area contributed by atoms with Gasteiger partial charge in [0, 0.05) is 23.9 Å². The van der Waals surface area contributed by atoms with Crippen molar-refractivity contribution in [3.8, 4) is 5.69 Å². The molecule has 1 aliphatic rings. The first kappa shape index (κ1) is 21.5. The van der Waals surface area contributed by atoms with Crippen LogP contribution in [0.3, 0.4) is 0 Å². The number of piperidine rings is 1. The van der Waals surface area contributed by atoms with Crippen LogP contribution in [0.5, 0.6) is 0 Å². The molecule has 6 heteroatoms. The first-order valence-electron chi connectivity index (χ1n) is 10.2. The molecule has 0 saturated carbocycles. The van der Waals surface area contributed by atoms with Crippen molar-refractivity contribution >= 4 is 5.97 Å². The molecule has 1 saturated heterocycles. The van der Waals surface area contributed by atoms with Gasteiger partial charge in [0.2, 0.25) is 6.33 Å². The molecule has 157 valence electrons. The molecule has 1 aliphatic heterocycles. The summed E-state index contributed by atoms with van der Waals surface area (Å²) in [6.45, 7) is 14.1. The molecule has 1 aromatic carbocycles. The smallest absolute Gasteiger partial charge is 0.348 e. The Kier molecular flexibility index (Phi) is 5.62. The maximum atomic E-state index is 12.6. The number of hydrogen-bond donors (Lipinski definition) is 0. The minimum absolute atomic E-state index is 0.148. The van der Waals surface area contributed by atoms with Gasteiger partial charge >= 0.3 is 5.97 Å². The van der Waals surface area contributed by atoms with Gasteiger partial charge in [-0.1, -0.05) is 17.7 Å². The van der Waals surface area contributed by atoms with Gasteiger partial charge < -0.3 is 4.74 Å². The summed E-state index contributed by atoms with van der Waals surface area (Å²) in [7, 11) is 0. The van der Waals surface area contributed by atoms with Gasteiger partial charge in [0.05, 0.1) is 0 Å². The van der Waals surface area contributed by atoms with Crippen molar-refractivity contribution in [1.82, 2.24) is 9.63 Å². The molecule has 2 heterocycles. The zero-order valence-electron chi connectivity index (χ0n) is 18.7. The molecule has 0 bridgehead atoms. The number of benzene rings is 1. The van der Waals surface area contributed by atoms with Crippen LogP contribution in [-0.2, 0) is 21.3 Å². The molecular formula is C23H33N3O3+. The average molecular weight is 400 g/mol. The summed E-state index contributed by atoms with van der Waals surface area (Å²) in [5, 5.41) is 13.6. The molecule has 1 fully saturated rings. The molecule has 29 heavy (non-hydrogen) atoms. The normalized spacial score (nSPS) is 19.3. The Bertz CT molecular complexity index is 873. The van der Waals surface area contributed by atoms with Crippen molar-refractivity contribution in [2.24, 2.45) is 0 Å². The minimum atomic E-state index is -0.552. The highest BCUT2D eigenvalue weighted by molar-refractivity contribution is 5.67. The van der Waals surface area contributed by atoms with Gasteiger partial charge in [-0.05, 0) is 59.6 Å². The maximum absolute atomic E-state index is 12.6. The highest BCUT2D eigenvalue weighted by atomic mass is 16.5. The van der Waals surface area contributed by atoms with Crippen molar-refractivity contribution in [3.05, 3.63) is 47.5 Å². The summed E-state index contributed by atoms with van der Waals surface area (Å²) >= 11 is 0. The Balaban J connectivity index is 1.69. The highest BCUT2D eigenvalue weighted by Gasteiger charge is 2.47. The van der Waals surface area contributed by atoms with E-state index in [1.807, 2.05) is 55.6 Å². The molecule has 0 atom stereocenters. The van der Waals surface area contributed by atoms with Gasteiger partial charge in [-0.2, -0.15) is 0 Å². The van der Waals surface area contributed by atoms with E-state index in [9.17, 15) is 10.0 Å². The first-order valence-corrected chi connectivity index (χ1v) is 10.2. The Morgan fingerprint density at radius 3 is 2.21 bits per heavy atom. The number of aromatic nitrogens is 2. The fraction of sp³-hybridized carbons (Fsp3) is 0.565. The van der Waals surface area contributed by atoms with Crippen molar-refractivity contribution in [3.63, 3.8) is 0 Å². The SMILES string of the molecule is Cc1cc(C)c(-n2cc[n+](CC(=O)OC3CC(C)(C)N([O])C(C)(C)C3)c2)c(C)c1. The van der Waals surface area contributed by atoms with E-state index in [0.29, 0.717) is 12.8 Å². The van der Waals surface area contributed by atoms with Crippen LogP contribution >= 0.6 is 0 Å². The lowest BCUT2D eigenvalue weighted by molar-refractivity contribution is -0.685. The number of carbonyl (C=O) groups excluding carboxylic acids is 1. The number of hydrogen-bond acceptors (Lipinski definition) is 3. The second kappa shape index (κ2) is 7.58. The van der Waals surface area contributed by atoms with E-state index in [2.05, 4.69) is 32.9 Å². The van der Waals surface area contributed by atoms with Gasteiger partial charge in [-0.25, -0.2) is 13.9 Å². The van der Waals surface area contributed by atoms with Gasteiger partial charge in [0.25, 0.3) is 0 Å². The monoisotopic (exact) mass is 399 g/mol. The molecule has 0 N–H and O–H groups in total. The van der Waals surface area contributed by atoms with E-state index >= 15 is 0 Å². The fourth-order valence-corrected chi connectivity index (χ4v) is 4.83. The Labute approximate surface area is 173 Å². The van der Waals surface area contributed by atoms with Gasteiger partial charge in [-0.3, -0.25) is 0 Å². The number of imidazole rings is 1.